The predicted octanol–water partition coefficient (Wildman–Crippen LogP) is -1.01. The first-order valence-corrected chi connectivity index (χ1v) is 2.92. The van der Waals surface area contributed by atoms with Crippen LogP contribution in [-0.4, -0.2) is 29.0 Å². The zero-order valence-electron chi connectivity index (χ0n) is 5.58. The molecule has 10 heavy (non-hydrogen) atoms. The molecule has 0 bridgehead atoms. The van der Waals surface area contributed by atoms with E-state index in [1.807, 2.05) is 0 Å². The fourth-order valence-electron chi connectivity index (χ4n) is 0.418. The van der Waals surface area contributed by atoms with Crippen LogP contribution in [0.3, 0.4) is 0 Å². The minimum atomic E-state index is -0.976. The fourth-order valence-corrected chi connectivity index (χ4v) is 0.418. The number of aliphatic hydroxyl groups is 2. The number of amides is 1. The molecule has 0 aliphatic heterocycles. The van der Waals surface area contributed by atoms with Gasteiger partial charge in [-0.2, -0.15) is 0 Å². The minimum Gasteiger partial charge on any atom is -0.396 e. The topological polar surface area (TPSA) is 69.6 Å². The van der Waals surface area contributed by atoms with Gasteiger partial charge in [-0.1, -0.05) is 6.58 Å². The van der Waals surface area contributed by atoms with Crippen LogP contribution in [0.15, 0.2) is 12.7 Å². The average Bonchev–Trinajstić information content (AvgIpc) is 1.88. The molecule has 0 rings (SSSR count). The highest BCUT2D eigenvalue weighted by Gasteiger charge is 2.03. The van der Waals surface area contributed by atoms with Crippen molar-refractivity contribution >= 4 is 5.91 Å². The molecule has 0 aliphatic carbocycles. The van der Waals surface area contributed by atoms with E-state index in [9.17, 15) is 4.79 Å². The van der Waals surface area contributed by atoms with Crippen molar-refractivity contribution in [1.29, 1.82) is 0 Å². The lowest BCUT2D eigenvalue weighted by Crippen LogP contribution is -2.33. The summed E-state index contributed by atoms with van der Waals surface area (Å²) in [6, 6.07) is 0. The van der Waals surface area contributed by atoms with Gasteiger partial charge in [0.15, 0.2) is 0 Å². The van der Waals surface area contributed by atoms with E-state index >= 15 is 0 Å². The SMILES string of the molecule is C=CC(=O)NC(O)CCO. The first kappa shape index (κ1) is 9.13. The Hall–Kier alpha value is -0.870. The summed E-state index contributed by atoms with van der Waals surface area (Å²) < 4.78 is 0. The van der Waals surface area contributed by atoms with E-state index in [1.165, 1.54) is 0 Å². The van der Waals surface area contributed by atoms with Gasteiger partial charge in [-0.15, -0.1) is 0 Å². The number of nitrogens with one attached hydrogen (secondary N) is 1. The number of rotatable bonds is 4. The molecular formula is C6H11NO3. The molecule has 0 aromatic rings. The Balaban J connectivity index is 3.46. The van der Waals surface area contributed by atoms with E-state index in [0.717, 1.165) is 6.08 Å². The normalized spacial score (nSPS) is 12.2. The van der Waals surface area contributed by atoms with Gasteiger partial charge in [0.1, 0.15) is 6.23 Å². The van der Waals surface area contributed by atoms with Gasteiger partial charge >= 0.3 is 0 Å². The van der Waals surface area contributed by atoms with E-state index < -0.39 is 12.1 Å². The van der Waals surface area contributed by atoms with Crippen molar-refractivity contribution in [3.05, 3.63) is 12.7 Å². The molecule has 0 aromatic heterocycles. The monoisotopic (exact) mass is 145 g/mol. The Morgan fingerprint density at radius 2 is 2.40 bits per heavy atom. The number of hydrogen-bond acceptors (Lipinski definition) is 3. The van der Waals surface area contributed by atoms with Crippen LogP contribution in [0.1, 0.15) is 6.42 Å². The van der Waals surface area contributed by atoms with Crippen molar-refractivity contribution in [2.45, 2.75) is 12.6 Å². The van der Waals surface area contributed by atoms with Crippen molar-refractivity contribution in [1.82, 2.24) is 5.32 Å². The van der Waals surface area contributed by atoms with Gasteiger partial charge in [0.05, 0.1) is 0 Å². The number of carbonyl (C=O) groups excluding carboxylic acids is 1. The zero-order valence-corrected chi connectivity index (χ0v) is 5.58. The second kappa shape index (κ2) is 4.96. The zero-order chi connectivity index (χ0) is 7.98. The van der Waals surface area contributed by atoms with E-state index in [2.05, 4.69) is 11.9 Å². The summed E-state index contributed by atoms with van der Waals surface area (Å²) in [5.41, 5.74) is 0. The minimum absolute atomic E-state index is 0.138. The van der Waals surface area contributed by atoms with E-state index in [-0.39, 0.29) is 13.0 Å². The highest BCUT2D eigenvalue weighted by molar-refractivity contribution is 5.86. The summed E-state index contributed by atoms with van der Waals surface area (Å²) in [7, 11) is 0. The molecule has 1 amide bonds. The van der Waals surface area contributed by atoms with Gasteiger partial charge in [0.2, 0.25) is 5.91 Å². The van der Waals surface area contributed by atoms with Crippen LogP contribution < -0.4 is 5.32 Å². The number of aliphatic hydroxyl groups excluding tert-OH is 2. The van der Waals surface area contributed by atoms with E-state index in [4.69, 9.17) is 10.2 Å². The highest BCUT2D eigenvalue weighted by Crippen LogP contribution is 1.83. The first-order valence-electron chi connectivity index (χ1n) is 2.92. The highest BCUT2D eigenvalue weighted by atomic mass is 16.3. The van der Waals surface area contributed by atoms with Crippen molar-refractivity contribution in [2.24, 2.45) is 0 Å². The molecule has 0 saturated carbocycles. The molecule has 3 N–H and O–H groups in total. The Kier molecular flexibility index (Phi) is 4.53. The molecule has 0 heterocycles. The summed E-state index contributed by atoms with van der Waals surface area (Å²) in [4.78, 5) is 10.4. The maximum atomic E-state index is 10.4. The third kappa shape index (κ3) is 4.05. The Bertz CT molecular complexity index is 124. The molecule has 4 nitrogen and oxygen atoms in total. The molecule has 4 heteroatoms. The molecule has 0 aliphatic rings. The van der Waals surface area contributed by atoms with Crippen LogP contribution >= 0.6 is 0 Å². The summed E-state index contributed by atoms with van der Waals surface area (Å²) >= 11 is 0. The molecular weight excluding hydrogens is 134 g/mol. The van der Waals surface area contributed by atoms with Crippen LogP contribution in [0.5, 0.6) is 0 Å². The molecule has 0 aromatic carbocycles. The molecule has 1 atom stereocenters. The first-order chi connectivity index (χ1) is 4.70. The molecule has 0 saturated heterocycles. The maximum absolute atomic E-state index is 10.4. The Labute approximate surface area is 59.2 Å². The lowest BCUT2D eigenvalue weighted by Gasteiger charge is -2.08. The number of carbonyl (C=O) groups is 1. The summed E-state index contributed by atoms with van der Waals surface area (Å²) in [5.74, 6) is -0.444. The van der Waals surface area contributed by atoms with E-state index in [0.29, 0.717) is 0 Å². The molecule has 1 unspecified atom stereocenters. The Morgan fingerprint density at radius 3 is 2.80 bits per heavy atom. The Morgan fingerprint density at radius 1 is 1.80 bits per heavy atom. The van der Waals surface area contributed by atoms with Gasteiger partial charge in [-0.3, -0.25) is 4.79 Å². The van der Waals surface area contributed by atoms with Gasteiger partial charge in [0, 0.05) is 13.0 Å². The lowest BCUT2D eigenvalue weighted by atomic mass is 10.4. The van der Waals surface area contributed by atoms with E-state index in [1.54, 1.807) is 0 Å². The summed E-state index contributed by atoms with van der Waals surface area (Å²) in [5, 5.41) is 19.3. The molecule has 0 radical (unpaired) electrons. The maximum Gasteiger partial charge on any atom is 0.245 e. The van der Waals surface area contributed by atoms with Gasteiger partial charge in [-0.25, -0.2) is 0 Å². The summed E-state index contributed by atoms with van der Waals surface area (Å²) in [6.07, 6.45) is 0.218. The number of hydrogen-bond donors (Lipinski definition) is 3. The van der Waals surface area contributed by atoms with Crippen LogP contribution in [0.4, 0.5) is 0 Å². The second-order valence-electron chi connectivity index (χ2n) is 1.74. The van der Waals surface area contributed by atoms with Crippen LogP contribution in [0, 0.1) is 0 Å². The smallest absolute Gasteiger partial charge is 0.245 e. The van der Waals surface area contributed by atoms with Crippen LogP contribution in [-0.2, 0) is 4.79 Å². The lowest BCUT2D eigenvalue weighted by molar-refractivity contribution is -0.119. The third-order valence-electron chi connectivity index (χ3n) is 0.897. The second-order valence-corrected chi connectivity index (χ2v) is 1.74. The third-order valence-corrected chi connectivity index (χ3v) is 0.897. The van der Waals surface area contributed by atoms with Crippen molar-refractivity contribution in [2.75, 3.05) is 6.61 Å². The van der Waals surface area contributed by atoms with Gasteiger partial charge in [0.25, 0.3) is 0 Å². The molecule has 0 spiro atoms. The van der Waals surface area contributed by atoms with Crippen molar-refractivity contribution < 1.29 is 15.0 Å². The predicted molar refractivity (Wildman–Crippen MR) is 36.0 cm³/mol. The largest absolute Gasteiger partial charge is 0.396 e. The summed E-state index contributed by atoms with van der Waals surface area (Å²) in [6.45, 7) is 3.03. The fraction of sp³-hybridized carbons (Fsp3) is 0.500. The van der Waals surface area contributed by atoms with Crippen molar-refractivity contribution in [3.8, 4) is 0 Å². The van der Waals surface area contributed by atoms with Gasteiger partial charge in [-0.05, 0) is 6.08 Å². The average molecular weight is 145 g/mol. The van der Waals surface area contributed by atoms with Crippen LogP contribution in [0.25, 0.3) is 0 Å². The van der Waals surface area contributed by atoms with Crippen molar-refractivity contribution in [3.63, 3.8) is 0 Å². The van der Waals surface area contributed by atoms with Gasteiger partial charge < -0.3 is 15.5 Å². The molecule has 58 valence electrons. The molecule has 0 fully saturated rings. The standard InChI is InChI=1S/C6H11NO3/c1-2-5(9)7-6(10)3-4-8/h2,6,8,10H,1,3-4H2,(H,7,9). The van der Waals surface area contributed by atoms with Crippen LogP contribution in [0.2, 0.25) is 0 Å². The quantitative estimate of drug-likeness (QED) is 0.350.